The van der Waals surface area contributed by atoms with Gasteiger partial charge in [0.05, 0.1) is 12.2 Å². The summed E-state index contributed by atoms with van der Waals surface area (Å²) in [5.41, 5.74) is 4.69. The van der Waals surface area contributed by atoms with Crippen LogP contribution < -0.4 is 5.32 Å². The third kappa shape index (κ3) is 2.57. The van der Waals surface area contributed by atoms with Crippen molar-refractivity contribution in [3.63, 3.8) is 0 Å². The molecule has 0 fully saturated rings. The van der Waals surface area contributed by atoms with Crippen molar-refractivity contribution in [1.82, 2.24) is 9.97 Å². The molecule has 0 aliphatic heterocycles. The number of hydrogen-bond donors (Lipinski definition) is 1. The first-order valence-corrected chi connectivity index (χ1v) is 5.32. The maximum absolute atomic E-state index is 4.17. The first-order valence-electron chi connectivity index (χ1n) is 5.32. The van der Waals surface area contributed by atoms with Crippen LogP contribution in [0.3, 0.4) is 0 Å². The Morgan fingerprint density at radius 1 is 1.19 bits per heavy atom. The van der Waals surface area contributed by atoms with E-state index in [-0.39, 0.29) is 0 Å². The fourth-order valence-electron chi connectivity index (χ4n) is 1.62. The smallest absolute Gasteiger partial charge is 0.115 e. The van der Waals surface area contributed by atoms with Crippen LogP contribution in [-0.2, 0) is 6.54 Å². The van der Waals surface area contributed by atoms with Crippen molar-refractivity contribution in [2.75, 3.05) is 5.32 Å². The van der Waals surface area contributed by atoms with Gasteiger partial charge < -0.3 is 5.32 Å². The second-order valence-corrected chi connectivity index (χ2v) is 3.87. The highest BCUT2D eigenvalue weighted by molar-refractivity contribution is 5.51. The third-order valence-corrected chi connectivity index (χ3v) is 2.49. The van der Waals surface area contributed by atoms with Crippen molar-refractivity contribution in [1.29, 1.82) is 0 Å². The zero-order valence-corrected chi connectivity index (χ0v) is 9.57. The van der Waals surface area contributed by atoms with Crippen LogP contribution in [0.15, 0.2) is 36.8 Å². The number of nitrogens with one attached hydrogen (secondary N) is 1. The van der Waals surface area contributed by atoms with Crippen LogP contribution in [0, 0.1) is 13.8 Å². The molecule has 82 valence electrons. The number of aryl methyl sites for hydroxylation is 2. The van der Waals surface area contributed by atoms with Crippen molar-refractivity contribution in [3.05, 3.63) is 53.6 Å². The van der Waals surface area contributed by atoms with E-state index in [0.717, 1.165) is 17.9 Å². The molecule has 0 spiro atoms. The molecule has 2 rings (SSSR count). The lowest BCUT2D eigenvalue weighted by Gasteiger charge is -2.09. The molecule has 0 saturated heterocycles. The van der Waals surface area contributed by atoms with E-state index >= 15 is 0 Å². The third-order valence-electron chi connectivity index (χ3n) is 2.49. The second-order valence-electron chi connectivity index (χ2n) is 3.87. The van der Waals surface area contributed by atoms with Crippen molar-refractivity contribution < 1.29 is 0 Å². The summed E-state index contributed by atoms with van der Waals surface area (Å²) in [6, 6.07) is 8.29. The number of hydrogen-bond acceptors (Lipinski definition) is 3. The first-order chi connectivity index (χ1) is 7.75. The summed E-state index contributed by atoms with van der Waals surface area (Å²) in [4.78, 5) is 8.06. The lowest BCUT2D eigenvalue weighted by atomic mass is 10.1. The zero-order valence-electron chi connectivity index (χ0n) is 9.57. The van der Waals surface area contributed by atoms with Gasteiger partial charge >= 0.3 is 0 Å². The topological polar surface area (TPSA) is 37.8 Å². The Kier molecular flexibility index (Phi) is 3.15. The summed E-state index contributed by atoms with van der Waals surface area (Å²) in [6.45, 7) is 4.93. The van der Waals surface area contributed by atoms with Gasteiger partial charge in [0, 0.05) is 11.9 Å². The van der Waals surface area contributed by atoms with Crippen molar-refractivity contribution in [2.24, 2.45) is 0 Å². The van der Waals surface area contributed by atoms with E-state index in [2.05, 4.69) is 47.3 Å². The molecule has 0 atom stereocenters. The van der Waals surface area contributed by atoms with E-state index in [9.17, 15) is 0 Å². The van der Waals surface area contributed by atoms with Crippen LogP contribution in [0.1, 0.15) is 16.8 Å². The molecule has 16 heavy (non-hydrogen) atoms. The molecule has 0 radical (unpaired) electrons. The molecule has 1 aromatic carbocycles. The SMILES string of the molecule is Cc1ccc(NCc2ccncn2)c(C)c1. The average molecular weight is 213 g/mol. The van der Waals surface area contributed by atoms with Gasteiger partial charge in [0.25, 0.3) is 0 Å². The van der Waals surface area contributed by atoms with Gasteiger partial charge in [-0.3, -0.25) is 0 Å². The van der Waals surface area contributed by atoms with E-state index in [1.807, 2.05) is 6.07 Å². The summed E-state index contributed by atoms with van der Waals surface area (Å²) in [6.07, 6.45) is 3.32. The predicted octanol–water partition coefficient (Wildman–Crippen LogP) is 2.71. The van der Waals surface area contributed by atoms with Gasteiger partial charge in [0.2, 0.25) is 0 Å². The molecule has 0 aliphatic rings. The highest BCUT2D eigenvalue weighted by atomic mass is 14.9. The van der Waals surface area contributed by atoms with Gasteiger partial charge in [0.1, 0.15) is 6.33 Å². The minimum Gasteiger partial charge on any atom is -0.379 e. The van der Waals surface area contributed by atoms with Gasteiger partial charge in [-0.1, -0.05) is 17.7 Å². The fourth-order valence-corrected chi connectivity index (χ4v) is 1.62. The summed E-state index contributed by atoms with van der Waals surface area (Å²) < 4.78 is 0. The number of aromatic nitrogens is 2. The van der Waals surface area contributed by atoms with E-state index < -0.39 is 0 Å². The van der Waals surface area contributed by atoms with E-state index in [4.69, 9.17) is 0 Å². The summed E-state index contributed by atoms with van der Waals surface area (Å²) in [5.74, 6) is 0. The van der Waals surface area contributed by atoms with Crippen LogP contribution in [0.2, 0.25) is 0 Å². The quantitative estimate of drug-likeness (QED) is 0.851. The normalized spacial score (nSPS) is 10.1. The molecule has 3 nitrogen and oxygen atoms in total. The van der Waals surface area contributed by atoms with Gasteiger partial charge in [-0.05, 0) is 31.5 Å². The average Bonchev–Trinajstić information content (AvgIpc) is 2.29. The van der Waals surface area contributed by atoms with Crippen LogP contribution in [-0.4, -0.2) is 9.97 Å². The Labute approximate surface area is 95.6 Å². The number of nitrogens with zero attached hydrogens (tertiary/aromatic N) is 2. The van der Waals surface area contributed by atoms with Gasteiger partial charge in [-0.2, -0.15) is 0 Å². The minimum atomic E-state index is 0.729. The first kappa shape index (κ1) is 10.6. The number of anilines is 1. The van der Waals surface area contributed by atoms with E-state index in [1.54, 1.807) is 12.5 Å². The number of benzene rings is 1. The van der Waals surface area contributed by atoms with Gasteiger partial charge in [-0.25, -0.2) is 9.97 Å². The lowest BCUT2D eigenvalue weighted by Crippen LogP contribution is -2.02. The van der Waals surface area contributed by atoms with Gasteiger partial charge in [0.15, 0.2) is 0 Å². The zero-order chi connectivity index (χ0) is 11.4. The van der Waals surface area contributed by atoms with Crippen molar-refractivity contribution in [2.45, 2.75) is 20.4 Å². The molecule has 0 saturated carbocycles. The predicted molar refractivity (Wildman–Crippen MR) is 65.3 cm³/mol. The summed E-state index contributed by atoms with van der Waals surface area (Å²) in [5, 5.41) is 3.37. The molecule has 0 amide bonds. The highest BCUT2D eigenvalue weighted by Crippen LogP contribution is 2.16. The minimum absolute atomic E-state index is 0.729. The molecule has 1 N–H and O–H groups in total. The Balaban J connectivity index is 2.05. The molecular weight excluding hydrogens is 198 g/mol. The number of rotatable bonds is 3. The highest BCUT2D eigenvalue weighted by Gasteiger charge is 1.98. The molecule has 2 aromatic rings. The van der Waals surface area contributed by atoms with Crippen molar-refractivity contribution >= 4 is 5.69 Å². The molecule has 1 aromatic heterocycles. The van der Waals surface area contributed by atoms with Crippen LogP contribution in [0.5, 0.6) is 0 Å². The Hall–Kier alpha value is -1.90. The standard InChI is InChI=1S/C13H15N3/c1-10-3-4-13(11(2)7-10)15-8-12-5-6-14-9-16-12/h3-7,9,15H,8H2,1-2H3. The fraction of sp³-hybridized carbons (Fsp3) is 0.231. The monoisotopic (exact) mass is 213 g/mol. The molecular formula is C13H15N3. The maximum Gasteiger partial charge on any atom is 0.115 e. The van der Waals surface area contributed by atoms with Crippen LogP contribution in [0.25, 0.3) is 0 Å². The molecule has 3 heteroatoms. The van der Waals surface area contributed by atoms with Crippen LogP contribution >= 0.6 is 0 Å². The second kappa shape index (κ2) is 4.75. The molecule has 1 heterocycles. The lowest BCUT2D eigenvalue weighted by molar-refractivity contribution is 1.00. The Morgan fingerprint density at radius 2 is 2.06 bits per heavy atom. The maximum atomic E-state index is 4.17. The Bertz CT molecular complexity index is 466. The van der Waals surface area contributed by atoms with Gasteiger partial charge in [-0.15, -0.1) is 0 Å². The molecule has 0 bridgehead atoms. The van der Waals surface area contributed by atoms with E-state index in [0.29, 0.717) is 0 Å². The summed E-state index contributed by atoms with van der Waals surface area (Å²) in [7, 11) is 0. The summed E-state index contributed by atoms with van der Waals surface area (Å²) >= 11 is 0. The van der Waals surface area contributed by atoms with E-state index in [1.165, 1.54) is 11.1 Å². The largest absolute Gasteiger partial charge is 0.379 e. The van der Waals surface area contributed by atoms with Crippen LogP contribution in [0.4, 0.5) is 5.69 Å². The Morgan fingerprint density at radius 3 is 2.75 bits per heavy atom. The molecule has 0 unspecified atom stereocenters. The molecule has 0 aliphatic carbocycles. The van der Waals surface area contributed by atoms with Crippen molar-refractivity contribution in [3.8, 4) is 0 Å².